The Kier molecular flexibility index (Phi) is 8.57. The molecule has 6 nitrogen and oxygen atoms in total. The summed E-state index contributed by atoms with van der Waals surface area (Å²) in [4.78, 5) is 0. The van der Waals surface area contributed by atoms with Crippen LogP contribution in [0.3, 0.4) is 0 Å². The standard InChI is InChI=1S/C29H6F12N6/c30-17-8(3-44)18(31)24(37)13(23(17)36)6(1-42)11-12(7(2-43)14-25(38)19(32)9(4-45)20(33)26(14)39)15(11)29(47)16-27(40)21(34)10(5-46)22(35)28(16)41/h6-7,11-12H,47H2. The molecule has 0 amide bonds. The highest BCUT2D eigenvalue weighted by Crippen LogP contribution is 2.63. The molecule has 0 spiro atoms. The Morgan fingerprint density at radius 2 is 0.702 bits per heavy atom. The van der Waals surface area contributed by atoms with E-state index >= 15 is 17.6 Å². The summed E-state index contributed by atoms with van der Waals surface area (Å²) < 4.78 is 177. The number of nitrogens with two attached hydrogens (primary N) is 1. The first-order chi connectivity index (χ1) is 22.1. The van der Waals surface area contributed by atoms with Gasteiger partial charge in [-0.05, 0) is 5.57 Å². The van der Waals surface area contributed by atoms with E-state index in [0.717, 1.165) is 30.3 Å². The maximum Gasteiger partial charge on any atom is 0.180 e. The van der Waals surface area contributed by atoms with E-state index in [9.17, 15) is 45.6 Å². The summed E-state index contributed by atoms with van der Waals surface area (Å²) >= 11 is 0. The zero-order valence-corrected chi connectivity index (χ0v) is 22.2. The molecule has 1 aliphatic rings. The first kappa shape index (κ1) is 33.7. The molecule has 0 aliphatic heterocycles. The SMILES string of the molecule is N#Cc1c(F)c(F)c(C(N)=C2C(C(C#N)c3c(F)c(F)c(C#N)c(F)c3F)C2C(C#N)c2c(F)c(F)c(C#N)c(F)c2F)c(F)c1F. The molecule has 0 saturated heterocycles. The van der Waals surface area contributed by atoms with Crippen LogP contribution in [0.15, 0.2) is 5.57 Å². The number of nitrogens with zero attached hydrogens (tertiary/aromatic N) is 5. The lowest BCUT2D eigenvalue weighted by Gasteiger charge is -2.16. The third-order valence-electron chi connectivity index (χ3n) is 7.39. The van der Waals surface area contributed by atoms with Crippen molar-refractivity contribution in [2.75, 3.05) is 0 Å². The number of halogens is 12. The normalized spacial score (nSPS) is 16.3. The second kappa shape index (κ2) is 12.0. The summed E-state index contributed by atoms with van der Waals surface area (Å²) in [6, 6.07) is 4.70. The molecule has 1 aliphatic carbocycles. The van der Waals surface area contributed by atoms with Crippen LogP contribution in [0, 0.1) is 138 Å². The third kappa shape index (κ3) is 4.72. The molecule has 0 bridgehead atoms. The first-order valence-electron chi connectivity index (χ1n) is 12.2. The third-order valence-corrected chi connectivity index (χ3v) is 7.39. The molecule has 0 aromatic heterocycles. The van der Waals surface area contributed by atoms with Gasteiger partial charge in [0.15, 0.2) is 69.8 Å². The van der Waals surface area contributed by atoms with E-state index in [1.54, 1.807) is 0 Å². The van der Waals surface area contributed by atoms with Gasteiger partial charge in [-0.1, -0.05) is 0 Å². The van der Waals surface area contributed by atoms with E-state index < -0.39 is 138 Å². The number of allylic oxidation sites excluding steroid dienone is 1. The molecule has 2 N–H and O–H groups in total. The molecule has 3 aromatic rings. The van der Waals surface area contributed by atoms with Crippen LogP contribution in [0.4, 0.5) is 52.7 Å². The lowest BCUT2D eigenvalue weighted by Crippen LogP contribution is -2.15. The Hall–Kier alpha value is -6.19. The van der Waals surface area contributed by atoms with Crippen LogP contribution in [-0.4, -0.2) is 0 Å². The van der Waals surface area contributed by atoms with Crippen molar-refractivity contribution >= 4 is 5.70 Å². The fraction of sp³-hybridized carbons (Fsp3) is 0.138. The molecule has 3 aromatic carbocycles. The molecule has 18 heteroatoms. The molecule has 4 unspecified atom stereocenters. The van der Waals surface area contributed by atoms with Crippen molar-refractivity contribution in [2.24, 2.45) is 17.6 Å². The van der Waals surface area contributed by atoms with Crippen LogP contribution >= 0.6 is 0 Å². The molecule has 47 heavy (non-hydrogen) atoms. The number of nitriles is 5. The van der Waals surface area contributed by atoms with Crippen LogP contribution in [-0.2, 0) is 0 Å². The summed E-state index contributed by atoms with van der Waals surface area (Å²) in [5, 5.41) is 46.2. The molecule has 1 fully saturated rings. The molecular weight excluding hydrogens is 660 g/mol. The zero-order valence-electron chi connectivity index (χ0n) is 22.2. The second-order valence-electron chi connectivity index (χ2n) is 9.56. The van der Waals surface area contributed by atoms with Gasteiger partial charge in [0, 0.05) is 28.7 Å². The summed E-state index contributed by atoms with van der Waals surface area (Å²) in [5.74, 6) is -38.7. The van der Waals surface area contributed by atoms with Crippen LogP contribution in [0.5, 0.6) is 0 Å². The van der Waals surface area contributed by atoms with Crippen molar-refractivity contribution in [3.8, 4) is 30.3 Å². The Labute approximate surface area is 253 Å². The lowest BCUT2D eigenvalue weighted by atomic mass is 9.86. The molecule has 236 valence electrons. The zero-order chi connectivity index (χ0) is 35.4. The minimum Gasteiger partial charge on any atom is -0.398 e. The van der Waals surface area contributed by atoms with Crippen molar-refractivity contribution in [3.63, 3.8) is 0 Å². The molecule has 0 heterocycles. The van der Waals surface area contributed by atoms with Crippen LogP contribution in [0.1, 0.15) is 45.2 Å². The van der Waals surface area contributed by atoms with E-state index in [4.69, 9.17) is 21.5 Å². The van der Waals surface area contributed by atoms with E-state index in [-0.39, 0.29) is 0 Å². The Balaban J connectivity index is 2.13. The highest BCUT2D eigenvalue weighted by atomic mass is 19.2. The van der Waals surface area contributed by atoms with E-state index in [1.807, 2.05) is 0 Å². The van der Waals surface area contributed by atoms with Gasteiger partial charge < -0.3 is 5.73 Å². The second-order valence-corrected chi connectivity index (χ2v) is 9.56. The monoisotopic (exact) mass is 666 g/mol. The minimum atomic E-state index is -2.71. The summed E-state index contributed by atoms with van der Waals surface area (Å²) in [6.45, 7) is 0. The van der Waals surface area contributed by atoms with E-state index in [0.29, 0.717) is 0 Å². The Bertz CT molecular complexity index is 1980. The number of benzene rings is 3. The van der Waals surface area contributed by atoms with Gasteiger partial charge in [-0.3, -0.25) is 0 Å². The highest BCUT2D eigenvalue weighted by molar-refractivity contribution is 5.74. The molecule has 0 radical (unpaired) electrons. The average Bonchev–Trinajstić information content (AvgIpc) is 3.77. The van der Waals surface area contributed by atoms with Gasteiger partial charge in [0.05, 0.1) is 29.5 Å². The topological polar surface area (TPSA) is 145 Å². The minimum absolute atomic E-state index is 0.805. The van der Waals surface area contributed by atoms with Crippen LogP contribution < -0.4 is 5.73 Å². The summed E-state index contributed by atoms with van der Waals surface area (Å²) in [7, 11) is 0. The maximum atomic E-state index is 15.0. The summed E-state index contributed by atoms with van der Waals surface area (Å²) in [5.41, 5.74) is -8.00. The van der Waals surface area contributed by atoms with Crippen LogP contribution in [0.25, 0.3) is 5.70 Å². The van der Waals surface area contributed by atoms with Crippen molar-refractivity contribution in [1.82, 2.24) is 0 Å². The van der Waals surface area contributed by atoms with E-state index in [2.05, 4.69) is 0 Å². The molecule has 1 saturated carbocycles. The van der Waals surface area contributed by atoms with Gasteiger partial charge in [-0.25, -0.2) is 52.7 Å². The molecule has 4 atom stereocenters. The Morgan fingerprint density at radius 1 is 0.447 bits per heavy atom. The van der Waals surface area contributed by atoms with Crippen molar-refractivity contribution in [2.45, 2.75) is 11.8 Å². The van der Waals surface area contributed by atoms with Gasteiger partial charge in [-0.15, -0.1) is 0 Å². The predicted octanol–water partition coefficient (Wildman–Crippen LogP) is 6.50. The highest BCUT2D eigenvalue weighted by Gasteiger charge is 2.58. The van der Waals surface area contributed by atoms with Crippen molar-refractivity contribution < 1.29 is 52.7 Å². The van der Waals surface area contributed by atoms with Crippen LogP contribution in [0.2, 0.25) is 0 Å². The smallest absolute Gasteiger partial charge is 0.180 e. The lowest BCUT2D eigenvalue weighted by molar-refractivity contribution is 0.414. The van der Waals surface area contributed by atoms with Gasteiger partial charge in [0.25, 0.3) is 0 Å². The van der Waals surface area contributed by atoms with Gasteiger partial charge in [0.1, 0.15) is 34.9 Å². The fourth-order valence-electron chi connectivity index (χ4n) is 5.24. The van der Waals surface area contributed by atoms with Crippen molar-refractivity contribution in [3.05, 3.63) is 109 Å². The largest absolute Gasteiger partial charge is 0.398 e. The number of hydrogen-bond donors (Lipinski definition) is 1. The fourth-order valence-corrected chi connectivity index (χ4v) is 5.24. The molecule has 4 rings (SSSR count). The average molecular weight is 666 g/mol. The number of hydrogen-bond acceptors (Lipinski definition) is 6. The first-order valence-corrected chi connectivity index (χ1v) is 12.2. The van der Waals surface area contributed by atoms with Crippen molar-refractivity contribution in [1.29, 1.82) is 26.3 Å². The molecular formula is C29H6F12N6. The predicted molar refractivity (Wildman–Crippen MR) is 128 cm³/mol. The summed E-state index contributed by atoms with van der Waals surface area (Å²) in [6.07, 6.45) is 0. The maximum absolute atomic E-state index is 15.0. The quantitative estimate of drug-likeness (QED) is 0.243. The Morgan fingerprint density at radius 3 is 0.936 bits per heavy atom. The number of rotatable bonds is 5. The van der Waals surface area contributed by atoms with Gasteiger partial charge in [-0.2, -0.15) is 26.3 Å². The van der Waals surface area contributed by atoms with Gasteiger partial charge in [0.2, 0.25) is 0 Å². The van der Waals surface area contributed by atoms with Gasteiger partial charge >= 0.3 is 0 Å². The van der Waals surface area contributed by atoms with E-state index in [1.165, 1.54) is 0 Å².